The molecule has 71 heavy (non-hydrogen) atoms. The van der Waals surface area contributed by atoms with Crippen LogP contribution in [0.2, 0.25) is 0 Å². The molecule has 14 aromatic rings. The topological polar surface area (TPSA) is 21.3 Å². The van der Waals surface area contributed by atoms with Gasteiger partial charge in [-0.2, -0.15) is 0 Å². The van der Waals surface area contributed by atoms with Crippen LogP contribution in [0.4, 0.5) is 17.1 Å². The van der Waals surface area contributed by atoms with Crippen LogP contribution in [0.5, 0.6) is 0 Å². The highest BCUT2D eigenvalue weighted by Crippen LogP contribution is 2.46. The zero-order valence-corrected chi connectivity index (χ0v) is 38.7. The Labute approximate surface area is 411 Å². The lowest BCUT2D eigenvalue weighted by Gasteiger charge is -2.26. The highest BCUT2D eigenvalue weighted by atomic mass is 16.3. The summed E-state index contributed by atoms with van der Waals surface area (Å²) in [6.07, 6.45) is 0. The maximum atomic E-state index is 6.79. The number of nitrogens with zero attached hydrogens (tertiary/aromatic N) is 2. The summed E-state index contributed by atoms with van der Waals surface area (Å²) in [5, 5.41) is 9.58. The molecule has 2 heterocycles. The van der Waals surface area contributed by atoms with E-state index in [1.165, 1.54) is 77.0 Å². The van der Waals surface area contributed by atoms with Gasteiger partial charge in [0.2, 0.25) is 0 Å². The molecule has 0 aliphatic heterocycles. The van der Waals surface area contributed by atoms with Crippen LogP contribution in [-0.2, 0) is 0 Å². The average Bonchev–Trinajstić information content (AvgIpc) is 4.00. The Morgan fingerprint density at radius 1 is 0.296 bits per heavy atom. The lowest BCUT2D eigenvalue weighted by molar-refractivity contribution is 0.669. The lowest BCUT2D eigenvalue weighted by atomic mass is 9.97. The van der Waals surface area contributed by atoms with Gasteiger partial charge in [-0.1, -0.05) is 200 Å². The fourth-order valence-corrected chi connectivity index (χ4v) is 10.8. The maximum absolute atomic E-state index is 6.79. The first kappa shape index (κ1) is 40.6. The average molecular weight is 905 g/mol. The van der Waals surface area contributed by atoms with Gasteiger partial charge < -0.3 is 13.9 Å². The van der Waals surface area contributed by atoms with Gasteiger partial charge in [-0.25, -0.2) is 0 Å². The van der Waals surface area contributed by atoms with E-state index in [9.17, 15) is 0 Å². The number of rotatable bonds is 8. The molecule has 0 bridgehead atoms. The maximum Gasteiger partial charge on any atom is 0.160 e. The van der Waals surface area contributed by atoms with Crippen LogP contribution < -0.4 is 4.90 Å². The molecule has 0 radical (unpaired) electrons. The predicted molar refractivity (Wildman–Crippen MR) is 299 cm³/mol. The second kappa shape index (κ2) is 16.7. The molecule has 0 saturated carbocycles. The SMILES string of the molecule is c1ccc(-c2ccc(N(c3ccc(-c4ccc(-c5ccc(-c6ccc7c(c6)c6ccccc6n7-c6ccc7ccccc7c6)cc5)cc4)cc3)c3cc4ccccc4c4c3oc3ccccc34)cc2)cc1. The van der Waals surface area contributed by atoms with Crippen LogP contribution in [0.1, 0.15) is 0 Å². The number of furan rings is 1. The highest BCUT2D eigenvalue weighted by Gasteiger charge is 2.22. The molecule has 0 aliphatic rings. The summed E-state index contributed by atoms with van der Waals surface area (Å²) < 4.78 is 9.19. The first-order valence-corrected chi connectivity index (χ1v) is 24.3. The van der Waals surface area contributed by atoms with E-state index in [4.69, 9.17) is 4.42 Å². The molecular weight excluding hydrogens is 861 g/mol. The van der Waals surface area contributed by atoms with Crippen LogP contribution in [0.3, 0.4) is 0 Å². The zero-order valence-electron chi connectivity index (χ0n) is 38.7. The minimum atomic E-state index is 0.868. The molecule has 0 atom stereocenters. The van der Waals surface area contributed by atoms with Crippen molar-refractivity contribution in [3.63, 3.8) is 0 Å². The van der Waals surface area contributed by atoms with Gasteiger partial charge in [0, 0.05) is 38.6 Å². The summed E-state index contributed by atoms with van der Waals surface area (Å²) >= 11 is 0. The Morgan fingerprint density at radius 3 is 1.44 bits per heavy atom. The summed E-state index contributed by atoms with van der Waals surface area (Å²) in [5.74, 6) is 0. The molecule has 0 saturated heterocycles. The summed E-state index contributed by atoms with van der Waals surface area (Å²) in [5.41, 5.74) is 17.9. The summed E-state index contributed by atoms with van der Waals surface area (Å²) in [4.78, 5) is 2.34. The third-order valence-corrected chi connectivity index (χ3v) is 14.4. The van der Waals surface area contributed by atoms with Crippen molar-refractivity contribution in [2.24, 2.45) is 0 Å². The van der Waals surface area contributed by atoms with E-state index in [2.05, 4.69) is 270 Å². The van der Waals surface area contributed by atoms with Gasteiger partial charge in [-0.15, -0.1) is 0 Å². The van der Waals surface area contributed by atoms with E-state index < -0.39 is 0 Å². The standard InChI is InChI=1S/C68H44N2O/c1-2-12-45(13-3-1)50-30-36-56(37-31-50)69(65-44-55-16-6-7-17-59(55)67-61-19-9-11-21-66(61)71-68(65)67)57-38-32-51(33-39-57)49-24-22-47(23-25-49)48-26-28-52(29-27-48)54-35-41-64-62(43-54)60-18-8-10-20-63(60)70(64)58-40-34-46-14-4-5-15-53(46)42-58/h1-44H. The molecule has 0 fully saturated rings. The number of para-hydroxylation sites is 2. The Balaban J connectivity index is 0.774. The van der Waals surface area contributed by atoms with E-state index in [1.807, 2.05) is 6.07 Å². The van der Waals surface area contributed by atoms with Crippen LogP contribution in [-0.4, -0.2) is 4.57 Å². The highest BCUT2D eigenvalue weighted by molar-refractivity contribution is 6.23. The van der Waals surface area contributed by atoms with Crippen LogP contribution in [0.15, 0.2) is 271 Å². The molecule has 0 unspecified atom stereocenters. The van der Waals surface area contributed by atoms with Crippen molar-refractivity contribution in [1.82, 2.24) is 4.57 Å². The number of hydrogen-bond donors (Lipinski definition) is 0. The fraction of sp³-hybridized carbons (Fsp3) is 0. The summed E-state index contributed by atoms with van der Waals surface area (Å²) in [7, 11) is 0. The van der Waals surface area contributed by atoms with Crippen molar-refractivity contribution in [2.75, 3.05) is 4.90 Å². The Kier molecular flexibility index (Phi) is 9.53. The van der Waals surface area contributed by atoms with E-state index in [0.717, 1.165) is 55.5 Å². The van der Waals surface area contributed by atoms with E-state index in [-0.39, 0.29) is 0 Å². The monoisotopic (exact) mass is 904 g/mol. The number of anilines is 3. The van der Waals surface area contributed by atoms with Crippen molar-refractivity contribution < 1.29 is 4.42 Å². The van der Waals surface area contributed by atoms with Gasteiger partial charge in [-0.05, 0) is 133 Å². The molecule has 0 spiro atoms. The molecule has 332 valence electrons. The molecule has 12 aromatic carbocycles. The van der Waals surface area contributed by atoms with Crippen molar-refractivity contribution in [1.29, 1.82) is 0 Å². The third-order valence-electron chi connectivity index (χ3n) is 14.4. The molecule has 14 rings (SSSR count). The zero-order chi connectivity index (χ0) is 46.8. The molecule has 3 nitrogen and oxygen atoms in total. The van der Waals surface area contributed by atoms with E-state index in [1.54, 1.807) is 0 Å². The smallest absolute Gasteiger partial charge is 0.160 e. The molecule has 3 heteroatoms. The minimum absolute atomic E-state index is 0.868. The first-order valence-electron chi connectivity index (χ1n) is 24.3. The van der Waals surface area contributed by atoms with Gasteiger partial charge in [0.05, 0.1) is 16.7 Å². The van der Waals surface area contributed by atoms with Gasteiger partial charge >= 0.3 is 0 Å². The first-order chi connectivity index (χ1) is 35.2. The molecule has 2 aromatic heterocycles. The van der Waals surface area contributed by atoms with Crippen molar-refractivity contribution in [2.45, 2.75) is 0 Å². The van der Waals surface area contributed by atoms with Crippen molar-refractivity contribution >= 4 is 82.4 Å². The van der Waals surface area contributed by atoms with Gasteiger partial charge in [0.15, 0.2) is 5.58 Å². The normalized spacial score (nSPS) is 11.7. The Bertz CT molecular complexity index is 4300. The second-order valence-electron chi connectivity index (χ2n) is 18.5. The van der Waals surface area contributed by atoms with Crippen molar-refractivity contribution in [3.8, 4) is 50.2 Å². The fourth-order valence-electron chi connectivity index (χ4n) is 10.8. The summed E-state index contributed by atoms with van der Waals surface area (Å²) in [6.45, 7) is 0. The van der Waals surface area contributed by atoms with Crippen LogP contribution >= 0.6 is 0 Å². The number of aromatic nitrogens is 1. The quantitative estimate of drug-likeness (QED) is 0.151. The molecule has 0 amide bonds. The minimum Gasteiger partial charge on any atom is -0.454 e. The van der Waals surface area contributed by atoms with E-state index >= 15 is 0 Å². The number of benzene rings is 12. The molecular formula is C68H44N2O. The van der Waals surface area contributed by atoms with Crippen LogP contribution in [0, 0.1) is 0 Å². The molecule has 0 N–H and O–H groups in total. The van der Waals surface area contributed by atoms with Crippen LogP contribution in [0.25, 0.3) is 115 Å². The van der Waals surface area contributed by atoms with Crippen molar-refractivity contribution in [3.05, 3.63) is 267 Å². The number of hydrogen-bond acceptors (Lipinski definition) is 2. The Hall–Kier alpha value is -9.44. The van der Waals surface area contributed by atoms with Gasteiger partial charge in [-0.3, -0.25) is 0 Å². The third kappa shape index (κ3) is 6.97. The molecule has 0 aliphatic carbocycles. The van der Waals surface area contributed by atoms with Gasteiger partial charge in [0.1, 0.15) is 5.58 Å². The predicted octanol–water partition coefficient (Wildman–Crippen LogP) is 19.1. The lowest BCUT2D eigenvalue weighted by Crippen LogP contribution is -2.10. The number of fused-ring (bicyclic) bond motifs is 9. The largest absolute Gasteiger partial charge is 0.454 e. The summed E-state index contributed by atoms with van der Waals surface area (Å²) in [6, 6.07) is 96.5. The Morgan fingerprint density at radius 2 is 0.775 bits per heavy atom. The van der Waals surface area contributed by atoms with E-state index in [0.29, 0.717) is 0 Å². The second-order valence-corrected chi connectivity index (χ2v) is 18.5. The van der Waals surface area contributed by atoms with Gasteiger partial charge in [0.25, 0.3) is 0 Å².